The first-order valence-corrected chi connectivity index (χ1v) is 11.4. The van der Waals surface area contributed by atoms with Crippen LogP contribution in [0.5, 0.6) is 0 Å². The Morgan fingerprint density at radius 2 is 1.76 bits per heavy atom. The molecule has 11 heteroatoms. The van der Waals surface area contributed by atoms with Gasteiger partial charge < -0.3 is 25.0 Å². The number of carboxylic acid groups (broad SMARTS) is 1. The highest BCUT2D eigenvalue weighted by molar-refractivity contribution is 6.39. The van der Waals surface area contributed by atoms with E-state index in [2.05, 4.69) is 15.8 Å². The van der Waals surface area contributed by atoms with Gasteiger partial charge in [0, 0.05) is 12.5 Å². The Hall–Kier alpha value is -2.78. The summed E-state index contributed by atoms with van der Waals surface area (Å²) in [5, 5.41) is 19.0. The van der Waals surface area contributed by atoms with Crippen LogP contribution in [0.4, 0.5) is 4.79 Å². The molecule has 0 spiro atoms. The maximum absolute atomic E-state index is 12.6. The summed E-state index contributed by atoms with van der Waals surface area (Å²) in [6.45, 7) is 9.25. The monoisotopic (exact) mass is 513 g/mol. The van der Waals surface area contributed by atoms with Gasteiger partial charge in [-0.1, -0.05) is 48.3 Å². The normalized spacial score (nSPS) is 13.3. The van der Waals surface area contributed by atoms with E-state index in [-0.39, 0.29) is 33.7 Å². The van der Waals surface area contributed by atoms with E-state index in [0.717, 1.165) is 0 Å². The summed E-state index contributed by atoms with van der Waals surface area (Å²) in [5.74, 6) is -1.58. The smallest absolute Gasteiger partial charge is 0.408 e. The van der Waals surface area contributed by atoms with Gasteiger partial charge >= 0.3 is 12.1 Å². The van der Waals surface area contributed by atoms with Crippen molar-refractivity contribution >= 4 is 41.2 Å². The number of halogens is 2. The van der Waals surface area contributed by atoms with E-state index in [1.165, 1.54) is 12.1 Å². The number of carboxylic acids is 1. The van der Waals surface area contributed by atoms with Gasteiger partial charge in [-0.05, 0) is 45.2 Å². The van der Waals surface area contributed by atoms with Gasteiger partial charge in [-0.15, -0.1) is 0 Å². The van der Waals surface area contributed by atoms with Crippen molar-refractivity contribution in [3.63, 3.8) is 0 Å². The van der Waals surface area contributed by atoms with Crippen LogP contribution in [-0.2, 0) is 16.0 Å². The summed E-state index contributed by atoms with van der Waals surface area (Å²) in [5.41, 5.74) is -0.271. The molecule has 0 fully saturated rings. The third kappa shape index (κ3) is 8.22. The maximum Gasteiger partial charge on any atom is 0.408 e. The number of hydrogen-bond donors (Lipinski definition) is 3. The van der Waals surface area contributed by atoms with E-state index in [4.69, 9.17) is 32.5 Å². The van der Waals surface area contributed by atoms with E-state index in [9.17, 15) is 19.5 Å². The number of benzene rings is 1. The predicted molar refractivity (Wildman–Crippen MR) is 127 cm³/mol. The Bertz CT molecular complexity index is 1010. The molecule has 3 N–H and O–H groups in total. The Morgan fingerprint density at radius 1 is 1.15 bits per heavy atom. The summed E-state index contributed by atoms with van der Waals surface area (Å²) in [6.07, 6.45) is -0.234. The molecule has 1 aromatic heterocycles. The fourth-order valence-electron chi connectivity index (χ4n) is 3.11. The minimum Gasteiger partial charge on any atom is -0.480 e. The molecule has 0 saturated carbocycles. The number of carbonyl (C=O) groups is 3. The first-order chi connectivity index (χ1) is 15.8. The largest absolute Gasteiger partial charge is 0.480 e. The second-order valence-corrected chi connectivity index (χ2v) is 10.0. The number of ether oxygens (including phenoxy) is 1. The number of nitrogens with one attached hydrogen (secondary N) is 2. The molecule has 0 aliphatic rings. The molecule has 2 rings (SSSR count). The summed E-state index contributed by atoms with van der Waals surface area (Å²) >= 11 is 12.1. The number of rotatable bonds is 9. The zero-order valence-electron chi connectivity index (χ0n) is 19.6. The van der Waals surface area contributed by atoms with Crippen LogP contribution in [-0.4, -0.2) is 39.9 Å². The Kier molecular flexibility index (Phi) is 9.35. The zero-order valence-corrected chi connectivity index (χ0v) is 21.2. The molecule has 0 bridgehead atoms. The number of alkyl carbamates (subject to hydrolysis) is 1. The molecule has 0 aliphatic carbocycles. The summed E-state index contributed by atoms with van der Waals surface area (Å²) in [4.78, 5) is 36.7. The molecule has 9 nitrogen and oxygen atoms in total. The fraction of sp³-hybridized carbons (Fsp3) is 0.478. The molecule has 1 aromatic carbocycles. The van der Waals surface area contributed by atoms with Gasteiger partial charge in [0.25, 0.3) is 5.91 Å². The van der Waals surface area contributed by atoms with E-state index in [0.29, 0.717) is 12.1 Å². The van der Waals surface area contributed by atoms with Crippen LogP contribution in [0.25, 0.3) is 0 Å². The number of nitrogens with zero attached hydrogens (tertiary/aromatic N) is 1. The topological polar surface area (TPSA) is 131 Å². The Labute approximate surface area is 208 Å². The van der Waals surface area contributed by atoms with Crippen molar-refractivity contribution in [2.75, 3.05) is 0 Å². The number of aromatic nitrogens is 1. The summed E-state index contributed by atoms with van der Waals surface area (Å²) in [7, 11) is 0. The molecule has 1 heterocycles. The number of carbonyl (C=O) groups excluding carboxylic acids is 2. The number of aliphatic carboxylic acids is 1. The summed E-state index contributed by atoms with van der Waals surface area (Å²) in [6, 6.07) is 4.25. The van der Waals surface area contributed by atoms with Crippen molar-refractivity contribution in [3.8, 4) is 0 Å². The molecular formula is C23H29Cl2N3O6. The third-order valence-electron chi connectivity index (χ3n) is 4.53. The lowest BCUT2D eigenvalue weighted by Gasteiger charge is -2.23. The zero-order chi connectivity index (χ0) is 25.6. The molecule has 2 unspecified atom stereocenters. The predicted octanol–water partition coefficient (Wildman–Crippen LogP) is 5.02. The van der Waals surface area contributed by atoms with Crippen molar-refractivity contribution < 1.29 is 28.8 Å². The number of amides is 2. The lowest BCUT2D eigenvalue weighted by Crippen LogP contribution is -2.42. The van der Waals surface area contributed by atoms with Crippen molar-refractivity contribution in [2.24, 2.45) is 5.92 Å². The van der Waals surface area contributed by atoms with Gasteiger partial charge in [-0.2, -0.15) is 0 Å². The van der Waals surface area contributed by atoms with E-state index >= 15 is 0 Å². The minimum atomic E-state index is -1.33. The van der Waals surface area contributed by atoms with Gasteiger partial charge in [0.2, 0.25) is 0 Å². The lowest BCUT2D eigenvalue weighted by molar-refractivity contribution is -0.139. The average molecular weight is 514 g/mol. The van der Waals surface area contributed by atoms with E-state index < -0.39 is 35.7 Å². The SMILES string of the molecule is CC(C)CC(NC(=O)OC(C)(C)C)c1cc(CC(NC(=O)c2c(Cl)cccc2Cl)C(=O)O)on1. The molecular weight excluding hydrogens is 485 g/mol. The van der Waals surface area contributed by atoms with Crippen LogP contribution >= 0.6 is 23.2 Å². The number of hydrogen-bond acceptors (Lipinski definition) is 6. The van der Waals surface area contributed by atoms with Gasteiger partial charge in [0.15, 0.2) is 0 Å². The molecule has 2 amide bonds. The third-order valence-corrected chi connectivity index (χ3v) is 5.16. The standard InChI is InChI=1S/C23H29Cl2N3O6/c1-12(2)9-16(27-22(32)33-23(3,4)5)17-10-13(34-28-17)11-18(21(30)31)26-20(29)19-14(24)7-6-8-15(19)25/h6-8,10,12,16,18H,9,11H2,1-5H3,(H,26,29)(H,27,32)(H,30,31). The van der Waals surface area contributed by atoms with Crippen LogP contribution in [0, 0.1) is 5.92 Å². The Morgan fingerprint density at radius 3 is 2.29 bits per heavy atom. The van der Waals surface area contributed by atoms with Gasteiger partial charge in [-0.25, -0.2) is 9.59 Å². The van der Waals surface area contributed by atoms with E-state index in [1.807, 2.05) is 13.8 Å². The second kappa shape index (κ2) is 11.6. The minimum absolute atomic E-state index is 0.0195. The Balaban J connectivity index is 2.17. The van der Waals surface area contributed by atoms with Crippen molar-refractivity contribution in [3.05, 3.63) is 51.3 Å². The van der Waals surface area contributed by atoms with Gasteiger partial charge in [0.1, 0.15) is 23.1 Å². The second-order valence-electron chi connectivity index (χ2n) is 9.21. The molecule has 186 valence electrons. The summed E-state index contributed by atoms with van der Waals surface area (Å²) < 4.78 is 10.6. The first kappa shape index (κ1) is 27.5. The fourth-order valence-corrected chi connectivity index (χ4v) is 3.68. The van der Waals surface area contributed by atoms with Gasteiger partial charge in [-0.3, -0.25) is 4.79 Å². The molecule has 2 atom stereocenters. The molecule has 34 heavy (non-hydrogen) atoms. The average Bonchev–Trinajstić information content (AvgIpc) is 3.13. The molecule has 0 aliphatic heterocycles. The van der Waals surface area contributed by atoms with Crippen molar-refractivity contribution in [2.45, 2.75) is 65.1 Å². The lowest BCUT2D eigenvalue weighted by atomic mass is 10.0. The quantitative estimate of drug-likeness (QED) is 0.428. The maximum atomic E-state index is 12.6. The van der Waals surface area contributed by atoms with Crippen LogP contribution in [0.15, 0.2) is 28.8 Å². The molecule has 2 aromatic rings. The molecule has 0 saturated heterocycles. The molecule has 0 radical (unpaired) electrons. The van der Waals surface area contributed by atoms with Crippen molar-refractivity contribution in [1.82, 2.24) is 15.8 Å². The van der Waals surface area contributed by atoms with Crippen LogP contribution in [0.1, 0.15) is 68.9 Å². The first-order valence-electron chi connectivity index (χ1n) is 10.7. The van der Waals surface area contributed by atoms with Crippen LogP contribution in [0.3, 0.4) is 0 Å². The van der Waals surface area contributed by atoms with Crippen molar-refractivity contribution in [1.29, 1.82) is 0 Å². The highest BCUT2D eigenvalue weighted by atomic mass is 35.5. The van der Waals surface area contributed by atoms with Crippen LogP contribution in [0.2, 0.25) is 10.0 Å². The van der Waals surface area contributed by atoms with E-state index in [1.54, 1.807) is 32.9 Å². The van der Waals surface area contributed by atoms with Crippen LogP contribution < -0.4 is 10.6 Å². The highest BCUT2D eigenvalue weighted by Gasteiger charge is 2.27. The van der Waals surface area contributed by atoms with Gasteiger partial charge in [0.05, 0.1) is 21.7 Å². The highest BCUT2D eigenvalue weighted by Crippen LogP contribution is 2.25.